The van der Waals surface area contributed by atoms with Crippen LogP contribution >= 0.6 is 0 Å². The van der Waals surface area contributed by atoms with Gasteiger partial charge in [0, 0.05) is 24.8 Å². The zero-order valence-corrected chi connectivity index (χ0v) is 16.6. The average molecular weight is 378 g/mol. The van der Waals surface area contributed by atoms with Crippen LogP contribution in [0.5, 0.6) is 11.6 Å². The minimum absolute atomic E-state index is 0.253. The van der Waals surface area contributed by atoms with Crippen molar-refractivity contribution in [2.24, 2.45) is 0 Å². The molecule has 7 heteroatoms. The van der Waals surface area contributed by atoms with Crippen LogP contribution in [0.1, 0.15) is 24.8 Å². The molecule has 27 heavy (non-hydrogen) atoms. The summed E-state index contributed by atoms with van der Waals surface area (Å²) in [7, 11) is 0. The number of nitrogens with zero attached hydrogens (tertiary/aromatic N) is 2. The number of rotatable bonds is 6. The number of carbonyl (C=O) groups is 1. The molecule has 1 aromatic heterocycles. The second-order valence-electron chi connectivity index (χ2n) is 6.48. The average Bonchev–Trinajstić information content (AvgIpc) is 2.71. The molecular formula is C20H23AlN4O2. The van der Waals surface area contributed by atoms with Crippen molar-refractivity contribution < 1.29 is 9.53 Å². The lowest BCUT2D eigenvalue weighted by Crippen LogP contribution is -2.29. The fourth-order valence-corrected chi connectivity index (χ4v) is 3.22. The third kappa shape index (κ3) is 4.82. The fraction of sp³-hybridized carbons (Fsp3) is 0.300. The Kier molecular flexibility index (Phi) is 6.38. The topological polar surface area (TPSA) is 66.5 Å². The van der Waals surface area contributed by atoms with E-state index >= 15 is 0 Å². The first kappa shape index (κ1) is 19.3. The third-order valence-electron chi connectivity index (χ3n) is 4.55. The molecule has 6 nitrogen and oxygen atoms in total. The van der Waals surface area contributed by atoms with E-state index in [2.05, 4.69) is 42.6 Å². The van der Waals surface area contributed by atoms with Gasteiger partial charge >= 0.3 is 16.5 Å². The Morgan fingerprint density at radius 1 is 1.26 bits per heavy atom. The van der Waals surface area contributed by atoms with Gasteiger partial charge in [0.25, 0.3) is 0 Å². The van der Waals surface area contributed by atoms with Crippen LogP contribution in [0.4, 0.5) is 17.2 Å². The predicted molar refractivity (Wildman–Crippen MR) is 110 cm³/mol. The maximum Gasteiger partial charge on any atom is 0.307 e. The number of nitrogens with one attached hydrogen (secondary N) is 2. The third-order valence-corrected chi connectivity index (χ3v) is 4.85. The van der Waals surface area contributed by atoms with E-state index in [1.807, 2.05) is 31.2 Å². The summed E-state index contributed by atoms with van der Waals surface area (Å²) in [6.45, 7) is 7.42. The minimum atomic E-state index is -0.253. The summed E-state index contributed by atoms with van der Waals surface area (Å²) in [6, 6.07) is 9.57. The Bertz CT molecular complexity index is 835. The molecule has 0 saturated carbocycles. The number of aryl methyl sites for hydroxylation is 1. The first-order valence-corrected chi connectivity index (χ1v) is 9.63. The number of aromatic nitrogens is 1. The SMILES string of the molecule is C=CC(=O)Nc1cc(Oc2nc([NH][Al])ccc2N2CCCCC2)ccc1C. The highest BCUT2D eigenvalue weighted by atomic mass is 27.1. The van der Waals surface area contributed by atoms with Gasteiger partial charge in [0.05, 0.1) is 0 Å². The van der Waals surface area contributed by atoms with E-state index in [1.165, 1.54) is 25.3 Å². The van der Waals surface area contributed by atoms with Gasteiger partial charge in [-0.2, -0.15) is 4.98 Å². The van der Waals surface area contributed by atoms with Crippen molar-refractivity contribution >= 4 is 39.6 Å². The van der Waals surface area contributed by atoms with Crippen LogP contribution in [-0.4, -0.2) is 40.5 Å². The van der Waals surface area contributed by atoms with Crippen molar-refractivity contribution in [1.29, 1.82) is 0 Å². The molecule has 1 aliphatic rings. The summed E-state index contributed by atoms with van der Waals surface area (Å²) in [5.41, 5.74) is 2.62. The Labute approximate surface area is 168 Å². The Balaban J connectivity index is 1.90. The zero-order valence-electron chi connectivity index (χ0n) is 15.5. The highest BCUT2D eigenvalue weighted by Crippen LogP contribution is 2.34. The van der Waals surface area contributed by atoms with Crippen LogP contribution in [0, 0.1) is 6.92 Å². The molecule has 2 heterocycles. The first-order valence-electron chi connectivity index (χ1n) is 9.05. The molecule has 1 aliphatic heterocycles. The number of benzene rings is 1. The molecule has 0 spiro atoms. The molecule has 138 valence electrons. The monoisotopic (exact) mass is 378 g/mol. The smallest absolute Gasteiger partial charge is 0.307 e. The molecular weight excluding hydrogens is 355 g/mol. The van der Waals surface area contributed by atoms with E-state index in [9.17, 15) is 4.79 Å². The van der Waals surface area contributed by atoms with Crippen molar-refractivity contribution in [2.75, 3.05) is 27.6 Å². The molecule has 2 aromatic rings. The van der Waals surface area contributed by atoms with Gasteiger partial charge in [0.15, 0.2) is 0 Å². The van der Waals surface area contributed by atoms with Gasteiger partial charge in [-0.25, -0.2) is 0 Å². The Hall–Kier alpha value is -2.49. The number of ether oxygens (including phenoxy) is 1. The van der Waals surface area contributed by atoms with Crippen LogP contribution in [0.25, 0.3) is 0 Å². The van der Waals surface area contributed by atoms with E-state index < -0.39 is 0 Å². The lowest BCUT2D eigenvalue weighted by molar-refractivity contribution is -0.111. The van der Waals surface area contributed by atoms with Crippen molar-refractivity contribution in [3.8, 4) is 11.6 Å². The van der Waals surface area contributed by atoms with Gasteiger partial charge in [0.1, 0.15) is 17.3 Å². The summed E-state index contributed by atoms with van der Waals surface area (Å²) in [5, 5.41) is 2.80. The maximum atomic E-state index is 11.6. The van der Waals surface area contributed by atoms with Crippen molar-refractivity contribution in [3.63, 3.8) is 0 Å². The predicted octanol–water partition coefficient (Wildman–Crippen LogP) is 3.79. The molecule has 1 amide bonds. The number of anilines is 3. The lowest BCUT2D eigenvalue weighted by Gasteiger charge is -2.30. The van der Waals surface area contributed by atoms with Crippen molar-refractivity contribution in [2.45, 2.75) is 26.2 Å². The van der Waals surface area contributed by atoms with Gasteiger partial charge in [-0.1, -0.05) is 12.6 Å². The van der Waals surface area contributed by atoms with Crippen LogP contribution in [0.15, 0.2) is 43.0 Å². The maximum absolute atomic E-state index is 11.6. The molecule has 2 radical (unpaired) electrons. The molecule has 0 unspecified atom stereocenters. The van der Waals surface area contributed by atoms with Crippen molar-refractivity contribution in [1.82, 2.24) is 4.98 Å². The summed E-state index contributed by atoms with van der Waals surface area (Å²) in [4.78, 5) is 18.6. The summed E-state index contributed by atoms with van der Waals surface area (Å²) >= 11 is 2.45. The Morgan fingerprint density at radius 3 is 2.74 bits per heavy atom. The zero-order chi connectivity index (χ0) is 19.2. The van der Waals surface area contributed by atoms with Gasteiger partial charge in [-0.3, -0.25) is 4.79 Å². The fourth-order valence-electron chi connectivity index (χ4n) is 3.06. The van der Waals surface area contributed by atoms with E-state index in [1.54, 1.807) is 6.07 Å². The summed E-state index contributed by atoms with van der Waals surface area (Å²) in [6.07, 6.45) is 4.85. The number of carbonyl (C=O) groups excluding carboxylic acids is 1. The quantitative estimate of drug-likeness (QED) is 0.591. The molecule has 0 bridgehead atoms. The number of piperidine rings is 1. The standard InChI is InChI=1S/C20H24N4O2.Al/c1-3-19(25)22-16-13-15(8-7-14(16)2)26-20-17(9-10-18(21)23-20)24-11-5-4-6-12-24;/h3,7-10,13H,1,4-6,11-12H2,2H3,(H3,21,22,23,25);/q;+1/p-1. The normalized spacial score (nSPS) is 13.7. The van der Waals surface area contributed by atoms with Crippen molar-refractivity contribution in [3.05, 3.63) is 48.6 Å². The number of hydrogen-bond acceptors (Lipinski definition) is 5. The highest BCUT2D eigenvalue weighted by Gasteiger charge is 2.18. The summed E-state index contributed by atoms with van der Waals surface area (Å²) < 4.78 is 9.11. The molecule has 0 atom stereocenters. The minimum Gasteiger partial charge on any atom is -0.477 e. The van der Waals surface area contributed by atoms with Crippen LogP contribution in [-0.2, 0) is 4.79 Å². The molecule has 3 rings (SSSR count). The number of amides is 1. The first-order chi connectivity index (χ1) is 13.1. The highest BCUT2D eigenvalue weighted by molar-refractivity contribution is 6.15. The molecule has 1 fully saturated rings. The van der Waals surface area contributed by atoms with Gasteiger partial charge in [0.2, 0.25) is 11.8 Å². The summed E-state index contributed by atoms with van der Waals surface area (Å²) in [5.74, 6) is 1.63. The number of hydrogen-bond donors (Lipinski definition) is 2. The second-order valence-corrected chi connectivity index (χ2v) is 6.77. The molecule has 1 saturated heterocycles. The van der Waals surface area contributed by atoms with E-state index in [0.29, 0.717) is 23.1 Å². The van der Waals surface area contributed by atoms with Gasteiger partial charge < -0.3 is 19.3 Å². The van der Waals surface area contributed by atoms with E-state index in [4.69, 9.17) is 4.74 Å². The van der Waals surface area contributed by atoms with Gasteiger partial charge in [-0.15, -0.1) is 0 Å². The lowest BCUT2D eigenvalue weighted by atomic mass is 10.1. The largest absolute Gasteiger partial charge is 0.477 e. The van der Waals surface area contributed by atoms with Crippen LogP contribution < -0.4 is 19.3 Å². The second kappa shape index (κ2) is 8.94. The van der Waals surface area contributed by atoms with Gasteiger partial charge in [-0.05, 0) is 56.0 Å². The van der Waals surface area contributed by atoms with Crippen LogP contribution in [0.2, 0.25) is 0 Å². The van der Waals surface area contributed by atoms with E-state index in [-0.39, 0.29) is 5.91 Å². The Morgan fingerprint density at radius 2 is 2.04 bits per heavy atom. The van der Waals surface area contributed by atoms with E-state index in [0.717, 1.165) is 24.3 Å². The van der Waals surface area contributed by atoms with Crippen LogP contribution in [0.3, 0.4) is 0 Å². The number of pyridine rings is 1. The molecule has 0 aliphatic carbocycles. The molecule has 2 N–H and O–H groups in total. The molecule has 1 aromatic carbocycles.